The molecule has 8 nitrogen and oxygen atoms in total. The van der Waals surface area contributed by atoms with Crippen molar-refractivity contribution in [3.8, 4) is 11.4 Å². The molecular formula is C23H28N6O2. The van der Waals surface area contributed by atoms with E-state index in [-0.39, 0.29) is 11.9 Å². The van der Waals surface area contributed by atoms with Gasteiger partial charge in [-0.25, -0.2) is 9.97 Å². The summed E-state index contributed by atoms with van der Waals surface area (Å²) in [5, 5.41) is 3.02. The number of furan rings is 1. The lowest BCUT2D eigenvalue weighted by Gasteiger charge is -2.27. The lowest BCUT2D eigenvalue weighted by Crippen LogP contribution is -2.35. The molecule has 1 aliphatic heterocycles. The van der Waals surface area contributed by atoms with Crippen molar-refractivity contribution in [2.75, 3.05) is 38.6 Å². The van der Waals surface area contributed by atoms with E-state index in [1.807, 2.05) is 49.3 Å². The molecule has 0 saturated carbocycles. The molecule has 1 aliphatic rings. The van der Waals surface area contributed by atoms with Gasteiger partial charge in [0.15, 0.2) is 0 Å². The number of nitrogens with zero attached hydrogens (tertiary/aromatic N) is 5. The molecular weight excluding hydrogens is 392 g/mol. The number of pyridine rings is 1. The number of hydrogen-bond donors (Lipinski definition) is 1. The van der Waals surface area contributed by atoms with Crippen molar-refractivity contribution in [1.29, 1.82) is 0 Å². The molecule has 1 N–H and O–H groups in total. The molecule has 0 spiro atoms. The minimum absolute atomic E-state index is 0.0780. The van der Waals surface area contributed by atoms with Crippen LogP contribution in [-0.4, -0.2) is 59.5 Å². The zero-order valence-electron chi connectivity index (χ0n) is 18.0. The number of carbonyl (C=O) groups is 1. The predicted molar refractivity (Wildman–Crippen MR) is 119 cm³/mol. The second kappa shape index (κ2) is 9.70. The number of hydrogen-bond acceptors (Lipinski definition) is 7. The highest BCUT2D eigenvalue weighted by atomic mass is 16.3. The molecule has 4 heterocycles. The second-order valence-electron chi connectivity index (χ2n) is 7.90. The van der Waals surface area contributed by atoms with Gasteiger partial charge in [-0.1, -0.05) is 6.07 Å². The SMILES string of the molecule is CN(C)C(CNC(=O)c1cnc(N2CCCCC2)nc1-c1ccccn1)c1ccco1. The molecule has 0 aromatic carbocycles. The molecule has 8 heteroatoms. The minimum Gasteiger partial charge on any atom is -0.468 e. The van der Waals surface area contributed by atoms with Gasteiger partial charge in [0.25, 0.3) is 5.91 Å². The molecule has 1 saturated heterocycles. The maximum atomic E-state index is 13.1. The summed E-state index contributed by atoms with van der Waals surface area (Å²) in [5.41, 5.74) is 1.62. The first-order chi connectivity index (χ1) is 15.1. The number of aromatic nitrogens is 3. The summed E-state index contributed by atoms with van der Waals surface area (Å²) in [6, 6.07) is 9.29. The zero-order chi connectivity index (χ0) is 21.6. The third-order valence-electron chi connectivity index (χ3n) is 5.52. The first-order valence-corrected chi connectivity index (χ1v) is 10.6. The van der Waals surface area contributed by atoms with E-state index < -0.39 is 0 Å². The molecule has 1 unspecified atom stereocenters. The van der Waals surface area contributed by atoms with Crippen LogP contribution in [0.4, 0.5) is 5.95 Å². The number of piperidine rings is 1. The highest BCUT2D eigenvalue weighted by Gasteiger charge is 2.23. The van der Waals surface area contributed by atoms with Crippen LogP contribution in [0.5, 0.6) is 0 Å². The van der Waals surface area contributed by atoms with Crippen molar-refractivity contribution >= 4 is 11.9 Å². The molecule has 31 heavy (non-hydrogen) atoms. The Labute approximate surface area is 182 Å². The van der Waals surface area contributed by atoms with Gasteiger partial charge in [0.1, 0.15) is 11.5 Å². The van der Waals surface area contributed by atoms with Gasteiger partial charge in [0, 0.05) is 32.0 Å². The topological polar surface area (TPSA) is 87.4 Å². The van der Waals surface area contributed by atoms with E-state index in [9.17, 15) is 4.79 Å². The average Bonchev–Trinajstić information content (AvgIpc) is 3.34. The van der Waals surface area contributed by atoms with Gasteiger partial charge in [-0.3, -0.25) is 14.7 Å². The Kier molecular flexibility index (Phi) is 6.57. The van der Waals surface area contributed by atoms with E-state index in [4.69, 9.17) is 9.40 Å². The summed E-state index contributed by atoms with van der Waals surface area (Å²) in [5.74, 6) is 1.22. The Bertz CT molecular complexity index is 985. The van der Waals surface area contributed by atoms with E-state index in [0.717, 1.165) is 31.7 Å². The van der Waals surface area contributed by atoms with Gasteiger partial charge in [-0.2, -0.15) is 0 Å². The van der Waals surface area contributed by atoms with Crippen LogP contribution in [0.1, 0.15) is 41.4 Å². The van der Waals surface area contributed by atoms with Gasteiger partial charge in [-0.05, 0) is 57.6 Å². The molecule has 0 radical (unpaired) electrons. The highest BCUT2D eigenvalue weighted by Crippen LogP contribution is 2.24. The summed E-state index contributed by atoms with van der Waals surface area (Å²) in [4.78, 5) is 31.0. The first-order valence-electron chi connectivity index (χ1n) is 10.6. The Morgan fingerprint density at radius 2 is 2.00 bits per heavy atom. The van der Waals surface area contributed by atoms with Gasteiger partial charge in [0.05, 0.1) is 23.6 Å². The zero-order valence-corrected chi connectivity index (χ0v) is 18.0. The smallest absolute Gasteiger partial charge is 0.255 e. The van der Waals surface area contributed by atoms with Crippen molar-refractivity contribution in [2.24, 2.45) is 0 Å². The highest BCUT2D eigenvalue weighted by molar-refractivity contribution is 5.99. The lowest BCUT2D eigenvalue weighted by molar-refractivity contribution is 0.0939. The van der Waals surface area contributed by atoms with Crippen LogP contribution >= 0.6 is 0 Å². The van der Waals surface area contributed by atoms with Crippen LogP contribution in [0.2, 0.25) is 0 Å². The fourth-order valence-corrected chi connectivity index (χ4v) is 3.79. The Morgan fingerprint density at radius 3 is 2.68 bits per heavy atom. The van der Waals surface area contributed by atoms with Gasteiger partial charge >= 0.3 is 0 Å². The maximum absolute atomic E-state index is 13.1. The number of carbonyl (C=O) groups excluding carboxylic acids is 1. The Morgan fingerprint density at radius 1 is 1.16 bits per heavy atom. The molecule has 1 atom stereocenters. The van der Waals surface area contributed by atoms with Crippen LogP contribution < -0.4 is 10.2 Å². The van der Waals surface area contributed by atoms with E-state index in [1.165, 1.54) is 6.42 Å². The standard InChI is InChI=1S/C23H28N6O2/c1-28(2)19(20-10-8-14-31-20)16-25-22(30)17-15-26-23(29-12-6-3-7-13-29)27-21(17)18-9-4-5-11-24-18/h4-5,8-11,14-15,19H,3,6-7,12-13,16H2,1-2H3,(H,25,30). The van der Waals surface area contributed by atoms with Crippen molar-refractivity contribution < 1.29 is 9.21 Å². The largest absolute Gasteiger partial charge is 0.468 e. The van der Waals surface area contributed by atoms with Gasteiger partial charge in [-0.15, -0.1) is 0 Å². The molecule has 4 rings (SSSR count). The van der Waals surface area contributed by atoms with E-state index >= 15 is 0 Å². The van der Waals surface area contributed by atoms with Crippen LogP contribution in [0.3, 0.4) is 0 Å². The monoisotopic (exact) mass is 420 g/mol. The van der Waals surface area contributed by atoms with Crippen molar-refractivity contribution in [3.05, 3.63) is 60.3 Å². The molecule has 0 aliphatic carbocycles. The van der Waals surface area contributed by atoms with Crippen molar-refractivity contribution in [1.82, 2.24) is 25.2 Å². The minimum atomic E-state index is -0.232. The van der Waals surface area contributed by atoms with Gasteiger partial charge in [0.2, 0.25) is 5.95 Å². The van der Waals surface area contributed by atoms with Crippen LogP contribution in [-0.2, 0) is 0 Å². The van der Waals surface area contributed by atoms with Gasteiger partial charge < -0.3 is 14.6 Å². The summed E-state index contributed by atoms with van der Waals surface area (Å²) >= 11 is 0. The molecule has 0 bridgehead atoms. The van der Waals surface area contributed by atoms with E-state index in [0.29, 0.717) is 29.4 Å². The predicted octanol–water partition coefficient (Wildman–Crippen LogP) is 3.15. The second-order valence-corrected chi connectivity index (χ2v) is 7.90. The average molecular weight is 421 g/mol. The molecule has 3 aromatic heterocycles. The summed E-state index contributed by atoms with van der Waals surface area (Å²) in [7, 11) is 3.91. The van der Waals surface area contributed by atoms with Crippen LogP contribution in [0.25, 0.3) is 11.4 Å². The maximum Gasteiger partial charge on any atom is 0.255 e. The molecule has 1 fully saturated rings. The van der Waals surface area contributed by atoms with Crippen LogP contribution in [0, 0.1) is 0 Å². The summed E-state index contributed by atoms with van der Waals surface area (Å²) in [6.07, 6.45) is 8.45. The Balaban J connectivity index is 1.59. The number of anilines is 1. The molecule has 3 aromatic rings. The number of amides is 1. The third-order valence-corrected chi connectivity index (χ3v) is 5.52. The third kappa shape index (κ3) is 4.91. The molecule has 162 valence electrons. The van der Waals surface area contributed by atoms with Crippen LogP contribution in [0.15, 0.2) is 53.4 Å². The number of nitrogens with one attached hydrogen (secondary N) is 1. The fraction of sp³-hybridized carbons (Fsp3) is 0.391. The first kappa shape index (κ1) is 21.0. The summed E-state index contributed by atoms with van der Waals surface area (Å²) in [6.45, 7) is 2.26. The fourth-order valence-electron chi connectivity index (χ4n) is 3.79. The van der Waals surface area contributed by atoms with Crippen molar-refractivity contribution in [2.45, 2.75) is 25.3 Å². The van der Waals surface area contributed by atoms with Crippen molar-refractivity contribution in [3.63, 3.8) is 0 Å². The number of rotatable bonds is 7. The summed E-state index contributed by atoms with van der Waals surface area (Å²) < 4.78 is 5.54. The van der Waals surface area contributed by atoms with E-state index in [2.05, 4.69) is 20.2 Å². The normalized spacial score (nSPS) is 15.1. The lowest BCUT2D eigenvalue weighted by atomic mass is 10.1. The molecule has 1 amide bonds. The quantitative estimate of drug-likeness (QED) is 0.628. The number of likely N-dealkylation sites (N-methyl/N-ethyl adjacent to an activating group) is 1. The Hall–Kier alpha value is -3.26. The van der Waals surface area contributed by atoms with E-state index in [1.54, 1.807) is 18.7 Å².